The fraction of sp³-hybridized carbons (Fsp3) is 0.286. The number of anilines is 1. The summed E-state index contributed by atoms with van der Waals surface area (Å²) in [5.74, 6) is 0.202. The standard InChI is InChI=1S/C14H18N2O3/c1-4-6-10(2)13(17)16-11-7-5-8-12(9-11)19-14(18)15-3/h5-9H,4H2,1-3H3,(H,15,18)(H,16,17)/b10-6+. The van der Waals surface area contributed by atoms with Crippen molar-refractivity contribution in [2.75, 3.05) is 12.4 Å². The molecule has 0 unspecified atom stereocenters. The summed E-state index contributed by atoms with van der Waals surface area (Å²) in [7, 11) is 1.48. The lowest BCUT2D eigenvalue weighted by atomic mass is 10.2. The predicted octanol–water partition coefficient (Wildman–Crippen LogP) is 2.70. The first-order valence-electron chi connectivity index (χ1n) is 6.04. The van der Waals surface area contributed by atoms with Crippen molar-refractivity contribution in [3.8, 4) is 5.75 Å². The first kappa shape index (κ1) is 14.8. The summed E-state index contributed by atoms with van der Waals surface area (Å²) >= 11 is 0. The summed E-state index contributed by atoms with van der Waals surface area (Å²) in [6, 6.07) is 6.66. The van der Waals surface area contributed by atoms with Crippen LogP contribution in [0.4, 0.5) is 10.5 Å². The van der Waals surface area contributed by atoms with E-state index in [9.17, 15) is 9.59 Å². The minimum atomic E-state index is -0.550. The van der Waals surface area contributed by atoms with E-state index >= 15 is 0 Å². The summed E-state index contributed by atoms with van der Waals surface area (Å²) in [5, 5.41) is 5.09. The fourth-order valence-electron chi connectivity index (χ4n) is 1.42. The minimum absolute atomic E-state index is 0.168. The first-order chi connectivity index (χ1) is 9.06. The zero-order valence-electron chi connectivity index (χ0n) is 11.3. The highest BCUT2D eigenvalue weighted by Gasteiger charge is 2.06. The molecule has 0 radical (unpaired) electrons. The molecule has 0 aliphatic rings. The van der Waals surface area contributed by atoms with Gasteiger partial charge in [0.05, 0.1) is 0 Å². The number of carbonyl (C=O) groups is 2. The highest BCUT2D eigenvalue weighted by atomic mass is 16.5. The smallest absolute Gasteiger partial charge is 0.410 e. The van der Waals surface area contributed by atoms with Gasteiger partial charge in [-0.2, -0.15) is 0 Å². The average Bonchev–Trinajstić information content (AvgIpc) is 2.39. The molecule has 2 N–H and O–H groups in total. The van der Waals surface area contributed by atoms with E-state index in [-0.39, 0.29) is 5.91 Å². The molecule has 0 aromatic heterocycles. The number of ether oxygens (including phenoxy) is 1. The molecule has 0 saturated heterocycles. The van der Waals surface area contributed by atoms with Gasteiger partial charge in [-0.3, -0.25) is 4.79 Å². The van der Waals surface area contributed by atoms with Crippen molar-refractivity contribution in [1.29, 1.82) is 0 Å². The molecule has 0 aliphatic carbocycles. The van der Waals surface area contributed by atoms with Crippen molar-refractivity contribution in [3.05, 3.63) is 35.9 Å². The molecule has 1 aromatic rings. The molecule has 0 spiro atoms. The Balaban J connectivity index is 2.74. The van der Waals surface area contributed by atoms with Crippen LogP contribution in [0.2, 0.25) is 0 Å². The number of nitrogens with one attached hydrogen (secondary N) is 2. The number of rotatable bonds is 4. The Bertz CT molecular complexity index is 495. The van der Waals surface area contributed by atoms with Gasteiger partial charge < -0.3 is 15.4 Å². The quantitative estimate of drug-likeness (QED) is 0.820. The molecule has 5 heteroatoms. The van der Waals surface area contributed by atoms with E-state index in [2.05, 4.69) is 10.6 Å². The van der Waals surface area contributed by atoms with Crippen molar-refractivity contribution in [2.45, 2.75) is 20.3 Å². The maximum absolute atomic E-state index is 11.8. The van der Waals surface area contributed by atoms with Crippen molar-refractivity contribution in [1.82, 2.24) is 5.32 Å². The van der Waals surface area contributed by atoms with Gasteiger partial charge in [0.2, 0.25) is 0 Å². The van der Waals surface area contributed by atoms with Crippen LogP contribution in [-0.4, -0.2) is 19.0 Å². The monoisotopic (exact) mass is 262 g/mol. The zero-order chi connectivity index (χ0) is 14.3. The van der Waals surface area contributed by atoms with Gasteiger partial charge in [0.1, 0.15) is 5.75 Å². The first-order valence-corrected chi connectivity index (χ1v) is 6.04. The van der Waals surface area contributed by atoms with Crippen LogP contribution in [0.1, 0.15) is 20.3 Å². The molecule has 0 atom stereocenters. The highest BCUT2D eigenvalue weighted by molar-refractivity contribution is 6.03. The predicted molar refractivity (Wildman–Crippen MR) is 74.2 cm³/mol. The topological polar surface area (TPSA) is 67.4 Å². The molecular formula is C14H18N2O3. The van der Waals surface area contributed by atoms with Gasteiger partial charge in [-0.05, 0) is 25.5 Å². The fourth-order valence-corrected chi connectivity index (χ4v) is 1.42. The highest BCUT2D eigenvalue weighted by Crippen LogP contribution is 2.18. The second-order valence-electron chi connectivity index (χ2n) is 3.92. The summed E-state index contributed by atoms with van der Waals surface area (Å²) in [5.41, 5.74) is 1.23. The number of carbonyl (C=O) groups excluding carboxylic acids is 2. The summed E-state index contributed by atoms with van der Waals surface area (Å²) in [4.78, 5) is 22.9. The minimum Gasteiger partial charge on any atom is -0.410 e. The van der Waals surface area contributed by atoms with E-state index in [1.54, 1.807) is 31.2 Å². The summed E-state index contributed by atoms with van der Waals surface area (Å²) in [6.07, 6.45) is 2.10. The molecule has 0 aliphatic heterocycles. The summed E-state index contributed by atoms with van der Waals surface area (Å²) in [6.45, 7) is 3.72. The van der Waals surface area contributed by atoms with E-state index in [1.165, 1.54) is 7.05 Å². The Morgan fingerprint density at radius 3 is 2.74 bits per heavy atom. The Hall–Kier alpha value is -2.30. The van der Waals surface area contributed by atoms with Crippen LogP contribution in [0, 0.1) is 0 Å². The molecule has 1 rings (SSSR count). The molecule has 0 fully saturated rings. The Labute approximate surface area is 112 Å². The van der Waals surface area contributed by atoms with Gasteiger partial charge in [0, 0.05) is 24.4 Å². The van der Waals surface area contributed by atoms with Gasteiger partial charge >= 0.3 is 6.09 Å². The van der Waals surface area contributed by atoms with Crippen LogP contribution >= 0.6 is 0 Å². The van der Waals surface area contributed by atoms with Gasteiger partial charge in [0.25, 0.3) is 5.91 Å². The van der Waals surface area contributed by atoms with E-state index in [0.717, 1.165) is 6.42 Å². The maximum Gasteiger partial charge on any atom is 0.412 e. The lowest BCUT2D eigenvalue weighted by Crippen LogP contribution is -2.22. The molecule has 5 nitrogen and oxygen atoms in total. The molecule has 1 aromatic carbocycles. The third-order valence-electron chi connectivity index (χ3n) is 2.38. The average molecular weight is 262 g/mol. The van der Waals surface area contributed by atoms with Crippen LogP contribution in [0.25, 0.3) is 0 Å². The SMILES string of the molecule is CC/C=C(\C)C(=O)Nc1cccc(OC(=O)NC)c1. The van der Waals surface area contributed by atoms with Crippen molar-refractivity contribution in [3.63, 3.8) is 0 Å². The van der Waals surface area contributed by atoms with Crippen LogP contribution < -0.4 is 15.4 Å². The summed E-state index contributed by atoms with van der Waals surface area (Å²) < 4.78 is 4.98. The maximum atomic E-state index is 11.8. The molecule has 102 valence electrons. The third-order valence-corrected chi connectivity index (χ3v) is 2.38. The second-order valence-corrected chi connectivity index (χ2v) is 3.92. The largest absolute Gasteiger partial charge is 0.412 e. The van der Waals surface area contributed by atoms with E-state index < -0.39 is 6.09 Å². The van der Waals surface area contributed by atoms with Crippen molar-refractivity contribution >= 4 is 17.7 Å². The van der Waals surface area contributed by atoms with Gasteiger partial charge in [-0.1, -0.05) is 19.1 Å². The van der Waals surface area contributed by atoms with Crippen LogP contribution in [0.5, 0.6) is 5.75 Å². The molecule has 2 amide bonds. The van der Waals surface area contributed by atoms with E-state index in [1.807, 2.05) is 13.0 Å². The van der Waals surface area contributed by atoms with Crippen LogP contribution in [0.3, 0.4) is 0 Å². The van der Waals surface area contributed by atoms with E-state index in [4.69, 9.17) is 4.74 Å². The van der Waals surface area contributed by atoms with E-state index in [0.29, 0.717) is 17.0 Å². The third kappa shape index (κ3) is 4.83. The van der Waals surface area contributed by atoms with Gasteiger partial charge in [-0.15, -0.1) is 0 Å². The zero-order valence-corrected chi connectivity index (χ0v) is 11.3. The van der Waals surface area contributed by atoms with Gasteiger partial charge in [-0.25, -0.2) is 4.79 Å². The Kier molecular flexibility index (Phi) is 5.60. The number of hydrogen-bond donors (Lipinski definition) is 2. The lowest BCUT2D eigenvalue weighted by Gasteiger charge is -2.08. The van der Waals surface area contributed by atoms with Gasteiger partial charge in [0.15, 0.2) is 0 Å². The lowest BCUT2D eigenvalue weighted by molar-refractivity contribution is -0.112. The number of allylic oxidation sites excluding steroid dienone is 1. The van der Waals surface area contributed by atoms with Crippen LogP contribution in [-0.2, 0) is 4.79 Å². The molecule has 19 heavy (non-hydrogen) atoms. The normalized spacial score (nSPS) is 10.8. The molecule has 0 bridgehead atoms. The Morgan fingerprint density at radius 2 is 2.11 bits per heavy atom. The number of benzene rings is 1. The number of amides is 2. The molecule has 0 heterocycles. The van der Waals surface area contributed by atoms with Crippen LogP contribution in [0.15, 0.2) is 35.9 Å². The van der Waals surface area contributed by atoms with Crippen molar-refractivity contribution < 1.29 is 14.3 Å². The second kappa shape index (κ2) is 7.20. The molecule has 0 saturated carbocycles. The molecular weight excluding hydrogens is 244 g/mol. The number of hydrogen-bond acceptors (Lipinski definition) is 3. The van der Waals surface area contributed by atoms with Crippen molar-refractivity contribution in [2.24, 2.45) is 0 Å². The Morgan fingerprint density at radius 1 is 1.37 bits per heavy atom.